The van der Waals surface area contributed by atoms with Crippen LogP contribution in [0.5, 0.6) is 0 Å². The maximum Gasteiger partial charge on any atom is 0.312 e. The molecule has 0 radical (unpaired) electrons. The van der Waals surface area contributed by atoms with Crippen LogP contribution in [-0.4, -0.2) is 74.2 Å². The van der Waals surface area contributed by atoms with Crippen molar-refractivity contribution in [1.29, 1.82) is 0 Å². The minimum atomic E-state index is -1.37. The lowest BCUT2D eigenvalue weighted by Gasteiger charge is -2.44. The average molecular weight is 681 g/mol. The Balaban J connectivity index is 1.97. The summed E-state index contributed by atoms with van der Waals surface area (Å²) >= 11 is 0. The Morgan fingerprint density at radius 1 is 0.667 bits per heavy atom. The summed E-state index contributed by atoms with van der Waals surface area (Å²) in [6, 6.07) is 0. The van der Waals surface area contributed by atoms with Gasteiger partial charge in [0.2, 0.25) is 0 Å². The first-order chi connectivity index (χ1) is 22.3. The molecule has 276 valence electrons. The van der Waals surface area contributed by atoms with Gasteiger partial charge in [-0.2, -0.15) is 0 Å². The lowest BCUT2D eigenvalue weighted by atomic mass is 9.61. The number of fused-ring (bicyclic) bond motifs is 5. The molecule has 0 aromatic carbocycles. The number of esters is 3. The van der Waals surface area contributed by atoms with Crippen LogP contribution < -0.4 is 0 Å². The standard InChI is InChI=1S/C38H64O10/c1-11-35(6,30(39)40)22-38(9,32(42)47-29-21-25-20-28(29)27-15-13-14-26(25)27)24-37(8,31(41)46-19-18-45-17-16-44-10)23-36(7,12-2)33(43)48-34(3,4)5/h25-29H,11-24H2,1-10H3,(H,39,40). The third-order valence-corrected chi connectivity index (χ3v) is 11.8. The molecule has 9 unspecified atom stereocenters. The SMILES string of the molecule is CCC(C)(CC(C)(CC(C)(CC(C)(CC)C(=O)OC(C)(C)C)C(=O)OCCOCCOC)C(=O)OC1CC2CC1C1CCCC21)C(=O)O. The van der Waals surface area contributed by atoms with Gasteiger partial charge in [0.1, 0.15) is 18.3 Å². The van der Waals surface area contributed by atoms with Crippen LogP contribution in [0.25, 0.3) is 0 Å². The summed E-state index contributed by atoms with van der Waals surface area (Å²) in [7, 11) is 1.57. The molecule has 10 heteroatoms. The molecule has 0 aliphatic heterocycles. The second-order valence-corrected chi connectivity index (χ2v) is 17.1. The molecule has 0 spiro atoms. The van der Waals surface area contributed by atoms with Crippen molar-refractivity contribution < 1.29 is 48.0 Å². The molecule has 0 aromatic rings. The first-order valence-electron chi connectivity index (χ1n) is 18.2. The summed E-state index contributed by atoms with van der Waals surface area (Å²) in [4.78, 5) is 55.0. The quantitative estimate of drug-likeness (QED) is 0.0863. The Bertz CT molecular complexity index is 1150. The number of hydrogen-bond acceptors (Lipinski definition) is 9. The van der Waals surface area contributed by atoms with E-state index in [9.17, 15) is 24.3 Å². The second kappa shape index (κ2) is 15.8. The molecule has 10 nitrogen and oxygen atoms in total. The van der Waals surface area contributed by atoms with Crippen LogP contribution in [0.4, 0.5) is 0 Å². The van der Waals surface area contributed by atoms with E-state index >= 15 is 0 Å². The van der Waals surface area contributed by atoms with Gasteiger partial charge in [-0.1, -0.05) is 20.3 Å². The van der Waals surface area contributed by atoms with Crippen LogP contribution in [-0.2, 0) is 42.9 Å². The molecule has 0 amide bonds. The zero-order chi connectivity index (χ0) is 36.1. The van der Waals surface area contributed by atoms with Crippen LogP contribution in [0.2, 0.25) is 0 Å². The summed E-state index contributed by atoms with van der Waals surface area (Å²) in [5, 5.41) is 10.3. The fraction of sp³-hybridized carbons (Fsp3) is 0.895. The molecule has 0 heterocycles. The van der Waals surface area contributed by atoms with E-state index in [-0.39, 0.29) is 45.0 Å². The molecular formula is C38H64O10. The molecular weight excluding hydrogens is 616 g/mol. The molecule has 2 bridgehead atoms. The molecule has 3 fully saturated rings. The topological polar surface area (TPSA) is 135 Å². The van der Waals surface area contributed by atoms with Crippen LogP contribution in [0.15, 0.2) is 0 Å². The van der Waals surface area contributed by atoms with Crippen LogP contribution in [0.1, 0.15) is 127 Å². The summed E-state index contributed by atoms with van der Waals surface area (Å²) in [5.74, 6) is -0.311. The van der Waals surface area contributed by atoms with Gasteiger partial charge in [0.05, 0.1) is 41.5 Å². The first kappa shape index (κ1) is 40.2. The van der Waals surface area contributed by atoms with Crippen molar-refractivity contribution in [3.63, 3.8) is 0 Å². The second-order valence-electron chi connectivity index (χ2n) is 17.1. The summed E-state index contributed by atoms with van der Waals surface area (Å²) in [6.45, 7) is 16.8. The van der Waals surface area contributed by atoms with E-state index in [1.54, 1.807) is 62.5 Å². The lowest BCUT2D eigenvalue weighted by molar-refractivity contribution is -0.178. The number of aliphatic carboxylic acids is 1. The van der Waals surface area contributed by atoms with Crippen LogP contribution >= 0.6 is 0 Å². The summed E-state index contributed by atoms with van der Waals surface area (Å²) in [5.41, 5.74) is -5.83. The lowest BCUT2D eigenvalue weighted by Crippen LogP contribution is -2.48. The Morgan fingerprint density at radius 3 is 1.81 bits per heavy atom. The highest BCUT2D eigenvalue weighted by molar-refractivity contribution is 5.84. The smallest absolute Gasteiger partial charge is 0.312 e. The van der Waals surface area contributed by atoms with Gasteiger partial charge in [-0.05, 0) is 130 Å². The molecule has 9 atom stereocenters. The first-order valence-corrected chi connectivity index (χ1v) is 18.2. The molecule has 3 aliphatic carbocycles. The van der Waals surface area contributed by atoms with E-state index in [1.807, 2.05) is 6.92 Å². The zero-order valence-electron chi connectivity index (χ0n) is 31.4. The van der Waals surface area contributed by atoms with Crippen molar-refractivity contribution in [3.05, 3.63) is 0 Å². The molecule has 48 heavy (non-hydrogen) atoms. The van der Waals surface area contributed by atoms with Gasteiger partial charge in [-0.3, -0.25) is 19.2 Å². The van der Waals surface area contributed by atoms with E-state index in [2.05, 4.69) is 0 Å². The zero-order valence-corrected chi connectivity index (χ0v) is 31.4. The average Bonchev–Trinajstić information content (AvgIpc) is 3.72. The van der Waals surface area contributed by atoms with Crippen molar-refractivity contribution in [3.8, 4) is 0 Å². The number of ether oxygens (including phenoxy) is 5. The molecule has 3 aliphatic rings. The Kier molecular flexibility index (Phi) is 13.2. The highest BCUT2D eigenvalue weighted by atomic mass is 16.6. The third kappa shape index (κ3) is 9.32. The molecule has 3 saturated carbocycles. The van der Waals surface area contributed by atoms with E-state index in [1.165, 1.54) is 19.3 Å². The predicted octanol–water partition coefficient (Wildman–Crippen LogP) is 7.00. The van der Waals surface area contributed by atoms with Crippen molar-refractivity contribution in [1.82, 2.24) is 0 Å². The van der Waals surface area contributed by atoms with Gasteiger partial charge in [-0.15, -0.1) is 0 Å². The Hall–Kier alpha value is -2.20. The monoisotopic (exact) mass is 680 g/mol. The van der Waals surface area contributed by atoms with E-state index in [4.69, 9.17) is 23.7 Å². The highest BCUT2D eigenvalue weighted by Crippen LogP contribution is 2.60. The molecule has 0 saturated heterocycles. The maximum atomic E-state index is 14.5. The molecule has 3 rings (SSSR count). The Labute approximate surface area is 288 Å². The predicted molar refractivity (Wildman–Crippen MR) is 181 cm³/mol. The van der Waals surface area contributed by atoms with Gasteiger partial charge in [0.15, 0.2) is 0 Å². The molecule has 1 N–H and O–H groups in total. The summed E-state index contributed by atoms with van der Waals surface area (Å²) < 4.78 is 28.5. The number of rotatable bonds is 19. The van der Waals surface area contributed by atoms with E-state index < -0.39 is 51.1 Å². The van der Waals surface area contributed by atoms with Crippen LogP contribution in [0, 0.1) is 45.3 Å². The number of carbonyl (C=O) groups excluding carboxylic acids is 3. The van der Waals surface area contributed by atoms with Crippen molar-refractivity contribution in [2.45, 2.75) is 138 Å². The number of carbonyl (C=O) groups is 4. The number of carboxylic acid groups (broad SMARTS) is 1. The van der Waals surface area contributed by atoms with Gasteiger partial charge < -0.3 is 28.8 Å². The minimum absolute atomic E-state index is 0.0237. The number of hydrogen-bond donors (Lipinski definition) is 1. The van der Waals surface area contributed by atoms with Crippen molar-refractivity contribution in [2.24, 2.45) is 45.3 Å². The van der Waals surface area contributed by atoms with Crippen molar-refractivity contribution in [2.75, 3.05) is 33.5 Å². The van der Waals surface area contributed by atoms with E-state index in [0.717, 1.165) is 18.8 Å². The fourth-order valence-corrected chi connectivity index (χ4v) is 9.12. The van der Waals surface area contributed by atoms with Crippen molar-refractivity contribution >= 4 is 23.9 Å². The highest BCUT2D eigenvalue weighted by Gasteiger charge is 2.58. The fourth-order valence-electron chi connectivity index (χ4n) is 9.12. The minimum Gasteiger partial charge on any atom is -0.481 e. The van der Waals surface area contributed by atoms with Gasteiger partial charge in [-0.25, -0.2) is 0 Å². The van der Waals surface area contributed by atoms with E-state index in [0.29, 0.717) is 37.4 Å². The number of carboxylic acids is 1. The van der Waals surface area contributed by atoms with Gasteiger partial charge in [0, 0.05) is 7.11 Å². The van der Waals surface area contributed by atoms with Crippen LogP contribution in [0.3, 0.4) is 0 Å². The van der Waals surface area contributed by atoms with Gasteiger partial charge >= 0.3 is 23.9 Å². The third-order valence-electron chi connectivity index (χ3n) is 11.8. The molecule has 0 aromatic heterocycles. The largest absolute Gasteiger partial charge is 0.481 e. The summed E-state index contributed by atoms with van der Waals surface area (Å²) in [6.07, 6.45) is 5.96. The normalized spacial score (nSPS) is 28.3. The number of methoxy groups -OCH3 is 1. The maximum absolute atomic E-state index is 14.5. The Morgan fingerprint density at radius 2 is 1.23 bits per heavy atom. The van der Waals surface area contributed by atoms with Gasteiger partial charge in [0.25, 0.3) is 0 Å².